The van der Waals surface area contributed by atoms with Gasteiger partial charge in [0.25, 0.3) is 0 Å². The molecular formula is C12H19ClN2O2. The Morgan fingerprint density at radius 1 is 1.35 bits per heavy atom. The van der Waals surface area contributed by atoms with Crippen molar-refractivity contribution >= 4 is 18.3 Å². The molecule has 0 spiro atoms. The second-order valence-corrected chi connectivity index (χ2v) is 3.67. The standard InChI is InChI=1S/C12H18N2O2.ClH/c13-11(9-15)12(16)14-8-4-7-10-5-2-1-3-6-10;/h1-3,5-6,11,15H,4,7-9,13H2,(H,14,16);1H/t11-;/m1./s1. The fourth-order valence-corrected chi connectivity index (χ4v) is 1.36. The molecule has 0 unspecified atom stereocenters. The van der Waals surface area contributed by atoms with Gasteiger partial charge in [-0.1, -0.05) is 30.3 Å². The maximum atomic E-state index is 11.2. The summed E-state index contributed by atoms with van der Waals surface area (Å²) in [5.41, 5.74) is 6.60. The van der Waals surface area contributed by atoms with Gasteiger partial charge in [0.2, 0.25) is 5.91 Å². The summed E-state index contributed by atoms with van der Waals surface area (Å²) >= 11 is 0. The van der Waals surface area contributed by atoms with Gasteiger partial charge in [-0.05, 0) is 18.4 Å². The maximum absolute atomic E-state index is 11.2. The number of benzene rings is 1. The number of nitrogens with one attached hydrogen (secondary N) is 1. The Morgan fingerprint density at radius 3 is 2.59 bits per heavy atom. The maximum Gasteiger partial charge on any atom is 0.239 e. The lowest BCUT2D eigenvalue weighted by molar-refractivity contribution is -0.123. The van der Waals surface area contributed by atoms with Gasteiger partial charge in [0.05, 0.1) is 6.61 Å². The lowest BCUT2D eigenvalue weighted by Gasteiger charge is -2.09. The summed E-state index contributed by atoms with van der Waals surface area (Å²) in [5.74, 6) is -0.296. The van der Waals surface area contributed by atoms with Gasteiger partial charge < -0.3 is 16.2 Å². The summed E-state index contributed by atoms with van der Waals surface area (Å²) in [4.78, 5) is 11.2. The first-order valence-corrected chi connectivity index (χ1v) is 5.42. The molecule has 1 aromatic carbocycles. The SMILES string of the molecule is Cl.N[C@H](CO)C(=O)NCCCc1ccccc1. The number of hydrogen-bond donors (Lipinski definition) is 3. The molecule has 0 aliphatic rings. The zero-order chi connectivity index (χ0) is 11.8. The lowest BCUT2D eigenvalue weighted by Crippen LogP contribution is -2.43. The van der Waals surface area contributed by atoms with Crippen molar-refractivity contribution in [3.63, 3.8) is 0 Å². The van der Waals surface area contributed by atoms with E-state index in [-0.39, 0.29) is 24.9 Å². The fourth-order valence-electron chi connectivity index (χ4n) is 1.36. The minimum Gasteiger partial charge on any atom is -0.394 e. The molecule has 0 saturated carbocycles. The predicted octanol–water partition coefficient (Wildman–Crippen LogP) is 0.477. The number of amides is 1. The molecule has 0 aliphatic carbocycles. The topological polar surface area (TPSA) is 75.3 Å². The van der Waals surface area contributed by atoms with Crippen LogP contribution in [0.1, 0.15) is 12.0 Å². The number of halogens is 1. The Labute approximate surface area is 108 Å². The Balaban J connectivity index is 0.00000256. The molecule has 0 heterocycles. The van der Waals surface area contributed by atoms with E-state index >= 15 is 0 Å². The average molecular weight is 259 g/mol. The molecule has 0 aliphatic heterocycles. The van der Waals surface area contributed by atoms with Crippen molar-refractivity contribution in [1.82, 2.24) is 5.32 Å². The molecule has 1 rings (SSSR count). The third-order valence-electron chi connectivity index (χ3n) is 2.32. The van der Waals surface area contributed by atoms with Crippen LogP contribution in [-0.2, 0) is 11.2 Å². The average Bonchev–Trinajstić information content (AvgIpc) is 2.34. The van der Waals surface area contributed by atoms with Crippen LogP contribution in [0.3, 0.4) is 0 Å². The fraction of sp³-hybridized carbons (Fsp3) is 0.417. The van der Waals surface area contributed by atoms with Crippen molar-refractivity contribution in [2.75, 3.05) is 13.2 Å². The van der Waals surface area contributed by atoms with Crippen molar-refractivity contribution in [3.05, 3.63) is 35.9 Å². The van der Waals surface area contributed by atoms with Gasteiger partial charge in [-0.25, -0.2) is 0 Å². The highest BCUT2D eigenvalue weighted by molar-refractivity contribution is 5.85. The van der Waals surface area contributed by atoms with Gasteiger partial charge in [0, 0.05) is 6.54 Å². The molecule has 5 heteroatoms. The van der Waals surface area contributed by atoms with E-state index in [1.165, 1.54) is 5.56 Å². The summed E-state index contributed by atoms with van der Waals surface area (Å²) in [6, 6.07) is 9.27. The molecule has 1 aromatic rings. The molecule has 1 amide bonds. The monoisotopic (exact) mass is 258 g/mol. The quantitative estimate of drug-likeness (QED) is 0.650. The predicted molar refractivity (Wildman–Crippen MR) is 70.1 cm³/mol. The number of nitrogens with two attached hydrogens (primary N) is 1. The van der Waals surface area contributed by atoms with Crippen LogP contribution < -0.4 is 11.1 Å². The summed E-state index contributed by atoms with van der Waals surface area (Å²) in [6.07, 6.45) is 1.80. The number of aryl methyl sites for hydroxylation is 1. The third kappa shape index (κ3) is 6.26. The van der Waals surface area contributed by atoms with Crippen LogP contribution >= 0.6 is 12.4 Å². The minimum atomic E-state index is -0.809. The molecule has 0 fully saturated rings. The molecular weight excluding hydrogens is 240 g/mol. The van der Waals surface area contributed by atoms with Gasteiger partial charge in [0.15, 0.2) is 0 Å². The molecule has 4 N–H and O–H groups in total. The van der Waals surface area contributed by atoms with E-state index in [0.29, 0.717) is 6.54 Å². The first-order valence-electron chi connectivity index (χ1n) is 5.42. The van der Waals surface area contributed by atoms with Crippen molar-refractivity contribution < 1.29 is 9.90 Å². The van der Waals surface area contributed by atoms with E-state index in [1.54, 1.807) is 0 Å². The van der Waals surface area contributed by atoms with Crippen LogP contribution in [0.5, 0.6) is 0 Å². The van der Waals surface area contributed by atoms with Crippen LogP contribution in [0.15, 0.2) is 30.3 Å². The van der Waals surface area contributed by atoms with Crippen LogP contribution in [-0.4, -0.2) is 30.2 Å². The summed E-state index contributed by atoms with van der Waals surface area (Å²) < 4.78 is 0. The highest BCUT2D eigenvalue weighted by Crippen LogP contribution is 2.01. The Morgan fingerprint density at radius 2 is 2.00 bits per heavy atom. The largest absolute Gasteiger partial charge is 0.394 e. The second-order valence-electron chi connectivity index (χ2n) is 3.67. The number of rotatable bonds is 6. The van der Waals surface area contributed by atoms with Crippen LogP contribution in [0, 0.1) is 0 Å². The smallest absolute Gasteiger partial charge is 0.239 e. The summed E-state index contributed by atoms with van der Waals surface area (Å²) in [5, 5.41) is 11.3. The molecule has 4 nitrogen and oxygen atoms in total. The number of aliphatic hydroxyl groups excluding tert-OH is 1. The van der Waals surface area contributed by atoms with Crippen molar-refractivity contribution in [1.29, 1.82) is 0 Å². The number of aliphatic hydroxyl groups is 1. The molecule has 0 aromatic heterocycles. The van der Waals surface area contributed by atoms with E-state index < -0.39 is 6.04 Å². The normalized spacial score (nSPS) is 11.4. The lowest BCUT2D eigenvalue weighted by atomic mass is 10.1. The first-order chi connectivity index (χ1) is 7.74. The number of hydrogen-bond acceptors (Lipinski definition) is 3. The highest BCUT2D eigenvalue weighted by Gasteiger charge is 2.10. The van der Waals surface area contributed by atoms with Gasteiger partial charge in [-0.15, -0.1) is 12.4 Å². The van der Waals surface area contributed by atoms with E-state index in [1.807, 2.05) is 18.2 Å². The van der Waals surface area contributed by atoms with E-state index in [2.05, 4.69) is 17.4 Å². The molecule has 17 heavy (non-hydrogen) atoms. The van der Waals surface area contributed by atoms with Gasteiger partial charge in [-0.2, -0.15) is 0 Å². The van der Waals surface area contributed by atoms with Gasteiger partial charge >= 0.3 is 0 Å². The molecule has 0 bridgehead atoms. The Bertz CT molecular complexity index is 320. The van der Waals surface area contributed by atoms with Gasteiger partial charge in [0.1, 0.15) is 6.04 Å². The van der Waals surface area contributed by atoms with Crippen molar-refractivity contribution in [2.45, 2.75) is 18.9 Å². The Hall–Kier alpha value is -1.10. The van der Waals surface area contributed by atoms with Crippen LogP contribution in [0.2, 0.25) is 0 Å². The van der Waals surface area contributed by atoms with Crippen LogP contribution in [0.4, 0.5) is 0 Å². The highest BCUT2D eigenvalue weighted by atomic mass is 35.5. The number of carbonyl (C=O) groups is 1. The molecule has 96 valence electrons. The Kier molecular flexibility index (Phi) is 8.40. The molecule has 1 atom stereocenters. The summed E-state index contributed by atoms with van der Waals surface area (Å²) in [6.45, 7) is 0.270. The van der Waals surface area contributed by atoms with E-state index in [4.69, 9.17) is 10.8 Å². The number of carbonyl (C=O) groups excluding carboxylic acids is 1. The molecule has 0 saturated heterocycles. The zero-order valence-electron chi connectivity index (χ0n) is 9.63. The second kappa shape index (κ2) is 8.98. The van der Waals surface area contributed by atoms with E-state index in [0.717, 1.165) is 12.8 Å². The van der Waals surface area contributed by atoms with Crippen molar-refractivity contribution in [3.8, 4) is 0 Å². The van der Waals surface area contributed by atoms with Gasteiger partial charge in [-0.3, -0.25) is 4.79 Å². The zero-order valence-corrected chi connectivity index (χ0v) is 10.5. The van der Waals surface area contributed by atoms with Crippen LogP contribution in [0.25, 0.3) is 0 Å². The third-order valence-corrected chi connectivity index (χ3v) is 2.32. The minimum absolute atomic E-state index is 0. The molecule has 0 radical (unpaired) electrons. The van der Waals surface area contributed by atoms with E-state index in [9.17, 15) is 4.79 Å². The summed E-state index contributed by atoms with van der Waals surface area (Å²) in [7, 11) is 0. The van der Waals surface area contributed by atoms with Crippen molar-refractivity contribution in [2.24, 2.45) is 5.73 Å². The first kappa shape index (κ1) is 15.9.